The molecule has 1 aromatic heterocycles. The first-order valence-corrected chi connectivity index (χ1v) is 11.4. The SMILES string of the molecule is CC(=O)Nc1cc(-c2ccc(OC[C@](C)(CC(C)C)OC(=O)NC(C)(C)C)c(C(F)(F)F)c2)ncn1. The number of nitrogens with zero attached hydrogens (tertiary/aromatic N) is 2. The molecule has 8 nitrogen and oxygen atoms in total. The highest BCUT2D eigenvalue weighted by atomic mass is 19.4. The van der Waals surface area contributed by atoms with Crippen LogP contribution in [-0.4, -0.2) is 39.7 Å². The van der Waals surface area contributed by atoms with E-state index in [9.17, 15) is 22.8 Å². The van der Waals surface area contributed by atoms with Crippen molar-refractivity contribution in [2.75, 3.05) is 11.9 Å². The number of aromatic nitrogens is 2. The van der Waals surface area contributed by atoms with Gasteiger partial charge in [0.1, 0.15) is 30.1 Å². The molecule has 1 heterocycles. The highest BCUT2D eigenvalue weighted by Gasteiger charge is 2.37. The summed E-state index contributed by atoms with van der Waals surface area (Å²) in [4.78, 5) is 31.6. The van der Waals surface area contributed by atoms with Crippen molar-refractivity contribution in [3.8, 4) is 17.0 Å². The van der Waals surface area contributed by atoms with Gasteiger partial charge in [-0.2, -0.15) is 13.2 Å². The maximum Gasteiger partial charge on any atom is 0.419 e. The molecule has 0 spiro atoms. The Balaban J connectivity index is 2.34. The third-order valence-electron chi connectivity index (χ3n) is 4.74. The van der Waals surface area contributed by atoms with Crippen LogP contribution in [0.2, 0.25) is 0 Å². The Morgan fingerprint density at radius 3 is 2.28 bits per heavy atom. The average Bonchev–Trinajstić information content (AvgIpc) is 2.69. The molecular weight excluding hydrogens is 477 g/mol. The van der Waals surface area contributed by atoms with Gasteiger partial charge in [-0.1, -0.05) is 13.8 Å². The van der Waals surface area contributed by atoms with Crippen LogP contribution in [0, 0.1) is 5.92 Å². The summed E-state index contributed by atoms with van der Waals surface area (Å²) in [5.74, 6) is -0.531. The predicted molar refractivity (Wildman–Crippen MR) is 129 cm³/mol. The van der Waals surface area contributed by atoms with Gasteiger partial charge in [-0.3, -0.25) is 4.79 Å². The topological polar surface area (TPSA) is 102 Å². The first-order chi connectivity index (χ1) is 16.5. The van der Waals surface area contributed by atoms with Crippen molar-refractivity contribution in [2.45, 2.75) is 72.2 Å². The minimum absolute atomic E-state index is 0.0843. The van der Waals surface area contributed by atoms with Crippen molar-refractivity contribution < 1.29 is 32.2 Å². The molecule has 11 heteroatoms. The lowest BCUT2D eigenvalue weighted by Crippen LogP contribution is -2.47. The van der Waals surface area contributed by atoms with Crippen LogP contribution in [0.15, 0.2) is 30.6 Å². The first-order valence-electron chi connectivity index (χ1n) is 11.4. The second kappa shape index (κ2) is 11.1. The van der Waals surface area contributed by atoms with E-state index >= 15 is 0 Å². The van der Waals surface area contributed by atoms with Crippen LogP contribution in [0.1, 0.15) is 60.5 Å². The molecule has 2 N–H and O–H groups in total. The lowest BCUT2D eigenvalue weighted by atomic mass is 9.94. The monoisotopic (exact) mass is 510 g/mol. The quantitative estimate of drug-likeness (QED) is 0.463. The summed E-state index contributed by atoms with van der Waals surface area (Å²) < 4.78 is 53.1. The van der Waals surface area contributed by atoms with E-state index < -0.39 is 34.7 Å². The normalized spacial score (nSPS) is 13.6. The number of amides is 2. The van der Waals surface area contributed by atoms with Crippen molar-refractivity contribution in [3.05, 3.63) is 36.2 Å². The molecule has 0 unspecified atom stereocenters. The van der Waals surface area contributed by atoms with Crippen LogP contribution < -0.4 is 15.4 Å². The van der Waals surface area contributed by atoms with Crippen LogP contribution in [0.25, 0.3) is 11.3 Å². The molecule has 0 bridgehead atoms. The van der Waals surface area contributed by atoms with E-state index in [0.717, 1.165) is 12.4 Å². The molecule has 0 radical (unpaired) electrons. The zero-order chi connectivity index (χ0) is 27.3. The molecule has 0 aliphatic heterocycles. The number of carbonyl (C=O) groups is 2. The van der Waals surface area contributed by atoms with E-state index in [-0.39, 0.29) is 35.5 Å². The molecule has 2 amide bonds. The minimum atomic E-state index is -4.72. The number of benzene rings is 1. The van der Waals surface area contributed by atoms with Gasteiger partial charge in [0.15, 0.2) is 0 Å². The summed E-state index contributed by atoms with van der Waals surface area (Å²) in [6, 6.07) is 4.92. The third-order valence-corrected chi connectivity index (χ3v) is 4.74. The van der Waals surface area contributed by atoms with E-state index in [0.29, 0.717) is 6.42 Å². The number of rotatable bonds is 8. The highest BCUT2D eigenvalue weighted by Crippen LogP contribution is 2.39. The van der Waals surface area contributed by atoms with Crippen LogP contribution in [0.3, 0.4) is 0 Å². The van der Waals surface area contributed by atoms with Gasteiger partial charge in [0.2, 0.25) is 5.91 Å². The van der Waals surface area contributed by atoms with E-state index in [1.807, 2.05) is 13.8 Å². The van der Waals surface area contributed by atoms with Crippen molar-refractivity contribution >= 4 is 17.8 Å². The summed E-state index contributed by atoms with van der Waals surface area (Å²) in [6.07, 6.45) is -3.89. The molecule has 2 rings (SSSR count). The van der Waals surface area contributed by atoms with E-state index in [4.69, 9.17) is 9.47 Å². The van der Waals surface area contributed by atoms with Gasteiger partial charge in [-0.05, 0) is 58.2 Å². The second-order valence-corrected chi connectivity index (χ2v) is 10.3. The molecule has 1 aromatic carbocycles. The van der Waals surface area contributed by atoms with Crippen LogP contribution in [0.5, 0.6) is 5.75 Å². The van der Waals surface area contributed by atoms with Gasteiger partial charge in [0.25, 0.3) is 0 Å². The molecule has 0 saturated carbocycles. The Hall–Kier alpha value is -3.37. The number of halogens is 3. The Morgan fingerprint density at radius 1 is 1.06 bits per heavy atom. The van der Waals surface area contributed by atoms with Gasteiger partial charge in [0, 0.05) is 24.1 Å². The molecule has 0 aliphatic carbocycles. The molecule has 2 aromatic rings. The fourth-order valence-corrected chi connectivity index (χ4v) is 3.58. The zero-order valence-electron chi connectivity index (χ0n) is 21.5. The largest absolute Gasteiger partial charge is 0.489 e. The average molecular weight is 511 g/mol. The number of alkyl carbamates (subject to hydrolysis) is 1. The van der Waals surface area contributed by atoms with Crippen molar-refractivity contribution in [3.63, 3.8) is 0 Å². The molecule has 0 saturated heterocycles. The molecule has 1 atom stereocenters. The van der Waals surface area contributed by atoms with Gasteiger partial charge in [-0.15, -0.1) is 0 Å². The summed E-state index contributed by atoms with van der Waals surface area (Å²) >= 11 is 0. The molecule has 198 valence electrons. The van der Waals surface area contributed by atoms with Crippen LogP contribution in [0.4, 0.5) is 23.8 Å². The van der Waals surface area contributed by atoms with E-state index in [1.165, 1.54) is 25.1 Å². The summed E-state index contributed by atoms with van der Waals surface area (Å²) in [6.45, 7) is 11.8. The number of hydrogen-bond donors (Lipinski definition) is 2. The predicted octanol–water partition coefficient (Wildman–Crippen LogP) is 5.83. The Bertz CT molecular complexity index is 1080. The number of nitrogens with one attached hydrogen (secondary N) is 2. The van der Waals surface area contributed by atoms with Crippen molar-refractivity contribution in [2.24, 2.45) is 5.92 Å². The van der Waals surface area contributed by atoms with E-state index in [1.54, 1.807) is 27.7 Å². The second-order valence-electron chi connectivity index (χ2n) is 10.3. The third kappa shape index (κ3) is 9.01. The maximum atomic E-state index is 14.0. The van der Waals surface area contributed by atoms with Crippen molar-refractivity contribution in [1.82, 2.24) is 15.3 Å². The van der Waals surface area contributed by atoms with Gasteiger partial charge in [0.05, 0.1) is 11.3 Å². The fraction of sp³-hybridized carbons (Fsp3) is 0.520. The smallest absolute Gasteiger partial charge is 0.419 e. The maximum absolute atomic E-state index is 14.0. The van der Waals surface area contributed by atoms with Gasteiger partial charge >= 0.3 is 12.3 Å². The van der Waals surface area contributed by atoms with Crippen LogP contribution >= 0.6 is 0 Å². The Morgan fingerprint density at radius 2 is 1.72 bits per heavy atom. The number of alkyl halides is 3. The molecule has 0 fully saturated rings. The fourth-order valence-electron chi connectivity index (χ4n) is 3.58. The Kier molecular flexibility index (Phi) is 8.93. The highest BCUT2D eigenvalue weighted by molar-refractivity contribution is 5.88. The molecule has 36 heavy (non-hydrogen) atoms. The molecule has 0 aliphatic rings. The summed E-state index contributed by atoms with van der Waals surface area (Å²) in [7, 11) is 0. The Labute approximate surface area is 209 Å². The van der Waals surface area contributed by atoms with Crippen LogP contribution in [-0.2, 0) is 15.7 Å². The minimum Gasteiger partial charge on any atom is -0.489 e. The number of carbonyl (C=O) groups excluding carboxylic acids is 2. The zero-order valence-corrected chi connectivity index (χ0v) is 21.5. The molecular formula is C25H33F3N4O4. The lowest BCUT2D eigenvalue weighted by molar-refractivity contribution is -0.139. The van der Waals surface area contributed by atoms with Gasteiger partial charge < -0.3 is 20.1 Å². The van der Waals surface area contributed by atoms with Gasteiger partial charge in [-0.25, -0.2) is 14.8 Å². The van der Waals surface area contributed by atoms with E-state index in [2.05, 4.69) is 20.6 Å². The standard InChI is InChI=1S/C25H33F3N4O4/c1-15(2)12-24(7,36-22(34)32-23(4,5)6)13-35-20-9-8-17(10-18(20)25(26,27)28)19-11-21(30-14-29-19)31-16(3)33/h8-11,14-15H,12-13H2,1-7H3,(H,32,34)(H,29,30,31,33)/t24-/m0/s1. The first kappa shape index (κ1) is 28.9. The van der Waals surface area contributed by atoms with Crippen molar-refractivity contribution in [1.29, 1.82) is 0 Å². The number of hydrogen-bond acceptors (Lipinski definition) is 6. The number of ether oxygens (including phenoxy) is 2. The summed E-state index contributed by atoms with van der Waals surface area (Å²) in [5, 5.41) is 5.16. The number of anilines is 1. The lowest BCUT2D eigenvalue weighted by Gasteiger charge is -2.33. The summed E-state index contributed by atoms with van der Waals surface area (Å²) in [5.41, 5.74) is -2.38.